The number of nitrogens with zero attached hydrogens (tertiary/aromatic N) is 17. The van der Waals surface area contributed by atoms with Crippen molar-refractivity contribution in [2.75, 3.05) is 105 Å². The number of piperidine rings is 5. The molecule has 2 aromatic rings. The van der Waals surface area contributed by atoms with Crippen LogP contribution in [-0.4, -0.2) is 243 Å². The van der Waals surface area contributed by atoms with Crippen molar-refractivity contribution in [1.82, 2.24) is 86.3 Å². The lowest BCUT2D eigenvalue weighted by Gasteiger charge is -2.54. The fourth-order valence-electron chi connectivity index (χ4n) is 26.3. The molecule has 23 nitrogen and oxygen atoms in total. The number of guanidine groups is 2. The molecule has 8 rings (SSSR count). The van der Waals surface area contributed by atoms with E-state index in [0.717, 1.165) is 389 Å². The van der Waals surface area contributed by atoms with E-state index in [1.807, 2.05) is 0 Å². The summed E-state index contributed by atoms with van der Waals surface area (Å²) in [5.41, 5.74) is -1.76. The summed E-state index contributed by atoms with van der Waals surface area (Å²) in [5.74, 6) is 7.55. The molecule has 5 fully saturated rings. The average Bonchev–Trinajstić information content (AvgIpc) is 0.750. The molecule has 8 heterocycles. The van der Waals surface area contributed by atoms with Crippen molar-refractivity contribution < 1.29 is 0 Å². The zero-order valence-electron chi connectivity index (χ0n) is 94.5. The van der Waals surface area contributed by atoms with Crippen molar-refractivity contribution in [3.05, 3.63) is 11.6 Å². The molecule has 0 aromatic carbocycles. The van der Waals surface area contributed by atoms with Crippen molar-refractivity contribution in [3.8, 4) is 0 Å². The van der Waals surface area contributed by atoms with Crippen LogP contribution in [0.3, 0.4) is 0 Å². The topological polar surface area (TPSA) is 203 Å². The highest BCUT2D eigenvalue weighted by atomic mass is 15.5. The number of aliphatic imine (C=N–C) groups is 2. The smallest absolute Gasteiger partial charge is 0.230 e. The minimum Gasteiger partial charge on any atom is -0.343 e. The minimum atomic E-state index is -0.507. The number of unbranched alkanes of at least 4 members (excludes halogenated alkanes) is 15. The molecule has 6 aliphatic rings. The molecule has 0 bridgehead atoms. The Balaban J connectivity index is 1.23. The van der Waals surface area contributed by atoms with Gasteiger partial charge < -0.3 is 56.0 Å². The predicted octanol–water partition coefficient (Wildman–Crippen LogP) is 24.0. The van der Waals surface area contributed by atoms with Crippen LogP contribution in [0.4, 0.5) is 23.8 Å². The van der Waals surface area contributed by atoms with Crippen molar-refractivity contribution >= 4 is 35.7 Å². The first-order chi connectivity index (χ1) is 63.6. The van der Waals surface area contributed by atoms with E-state index in [1.165, 1.54) is 0 Å². The Morgan fingerprint density at radius 2 is 0.467 bits per heavy atom. The van der Waals surface area contributed by atoms with Crippen molar-refractivity contribution in [2.45, 2.75) is 588 Å². The van der Waals surface area contributed by atoms with Gasteiger partial charge in [0.2, 0.25) is 42.0 Å². The third-order valence-electron chi connectivity index (χ3n) is 31.4. The van der Waals surface area contributed by atoms with Crippen LogP contribution in [0.5, 0.6) is 0 Å². The van der Waals surface area contributed by atoms with E-state index in [1.54, 1.807) is 0 Å². The third kappa shape index (κ3) is 33.9. The number of hydrogen-bond donors (Lipinski definition) is 6. The number of hydrogen-bond acceptors (Lipinski definition) is 23. The monoisotopic (exact) mass is 1880 g/mol. The van der Waals surface area contributed by atoms with Crippen molar-refractivity contribution in [3.63, 3.8) is 0 Å². The summed E-state index contributed by atoms with van der Waals surface area (Å²) in [6, 6.07) is 1.30. The quantitative estimate of drug-likeness (QED) is 0.0341. The maximum absolute atomic E-state index is 6.34. The van der Waals surface area contributed by atoms with Gasteiger partial charge in [-0.25, -0.2) is 9.98 Å². The van der Waals surface area contributed by atoms with Crippen LogP contribution in [0.2, 0.25) is 0 Å². The summed E-state index contributed by atoms with van der Waals surface area (Å²) in [4.78, 5) is 72.1. The lowest BCUT2D eigenvalue weighted by molar-refractivity contribution is -0.0250. The molecule has 780 valence electrons. The molecular weight excluding hydrogens is 1670 g/mol. The fourth-order valence-corrected chi connectivity index (χ4v) is 26.3. The normalized spacial score (nSPS) is 21.3. The highest BCUT2D eigenvalue weighted by Gasteiger charge is 2.53. The lowest BCUT2D eigenvalue weighted by Crippen LogP contribution is -2.65. The molecule has 6 aliphatic heterocycles. The van der Waals surface area contributed by atoms with Gasteiger partial charge in [-0.05, 0) is 325 Å². The van der Waals surface area contributed by atoms with Gasteiger partial charge in [0.25, 0.3) is 0 Å². The maximum Gasteiger partial charge on any atom is 0.230 e. The Bertz CT molecular complexity index is 3660. The van der Waals surface area contributed by atoms with Gasteiger partial charge in [-0.2, -0.15) is 29.9 Å². The Hall–Kier alpha value is -4.36. The Labute approximate surface area is 831 Å². The predicted molar refractivity (Wildman–Crippen MR) is 581 cm³/mol. The van der Waals surface area contributed by atoms with Crippen molar-refractivity contribution in [1.29, 1.82) is 0 Å². The van der Waals surface area contributed by atoms with Crippen LogP contribution < -0.4 is 51.5 Å². The Morgan fingerprint density at radius 1 is 0.237 bits per heavy atom. The van der Waals surface area contributed by atoms with E-state index in [0.29, 0.717) is 12.1 Å². The van der Waals surface area contributed by atoms with Gasteiger partial charge in [-0.15, -0.1) is 0 Å². The van der Waals surface area contributed by atoms with Gasteiger partial charge in [-0.3, -0.25) is 20.0 Å². The van der Waals surface area contributed by atoms with Gasteiger partial charge >= 0.3 is 0 Å². The molecule has 135 heavy (non-hydrogen) atoms. The molecule has 1 unspecified atom stereocenters. The molecule has 0 spiro atoms. The summed E-state index contributed by atoms with van der Waals surface area (Å²) < 4.78 is 0. The zero-order valence-corrected chi connectivity index (χ0v) is 94.5. The van der Waals surface area contributed by atoms with E-state index in [4.69, 9.17) is 39.9 Å². The van der Waals surface area contributed by atoms with E-state index in [-0.39, 0.29) is 79.8 Å². The van der Waals surface area contributed by atoms with E-state index in [9.17, 15) is 0 Å². The average molecular weight is 1890 g/mol. The Morgan fingerprint density at radius 3 is 0.763 bits per heavy atom. The molecule has 2 aromatic heterocycles. The van der Waals surface area contributed by atoms with Crippen LogP contribution in [0.1, 0.15) is 497 Å². The molecule has 1 atom stereocenters. The summed E-state index contributed by atoms with van der Waals surface area (Å²) in [6.07, 6.45) is 42.6. The molecule has 5 saturated heterocycles. The molecular formula is C112H217N23. The maximum atomic E-state index is 6.34. The van der Waals surface area contributed by atoms with Crippen LogP contribution in [0.25, 0.3) is 0 Å². The number of nitrogens with one attached hydrogen (secondary N) is 6. The van der Waals surface area contributed by atoms with Crippen LogP contribution >= 0.6 is 0 Å². The zero-order chi connectivity index (χ0) is 99.7. The second-order valence-corrected chi connectivity index (χ2v) is 50.1. The van der Waals surface area contributed by atoms with Gasteiger partial charge in [0.05, 0.1) is 11.1 Å². The second-order valence-electron chi connectivity index (χ2n) is 50.1. The van der Waals surface area contributed by atoms with Gasteiger partial charge in [0.1, 0.15) is 0 Å². The van der Waals surface area contributed by atoms with Crippen LogP contribution in [-0.2, 0) is 11.1 Å². The molecule has 0 amide bonds. The molecule has 23 heteroatoms. The fraction of sp³-hybridized carbons (Fsp3) is 0.929. The lowest BCUT2D eigenvalue weighted by atomic mass is 9.76. The first kappa shape index (κ1) is 116. The number of aromatic nitrogens is 6. The van der Waals surface area contributed by atoms with Crippen molar-refractivity contribution in [2.24, 2.45) is 9.98 Å². The first-order valence-electron chi connectivity index (χ1n) is 56.8. The summed E-state index contributed by atoms with van der Waals surface area (Å²) in [6.45, 7) is 92.2. The third-order valence-corrected chi connectivity index (χ3v) is 31.4. The van der Waals surface area contributed by atoms with E-state index in [2.05, 4.69) is 304 Å². The molecule has 0 aliphatic carbocycles. The van der Waals surface area contributed by atoms with Crippen LogP contribution in [0, 0.1) is 0 Å². The molecule has 6 N–H and O–H groups in total. The van der Waals surface area contributed by atoms with E-state index >= 15 is 0 Å². The first-order valence-corrected chi connectivity index (χ1v) is 56.8. The van der Waals surface area contributed by atoms with Gasteiger partial charge in [-0.1, -0.05) is 173 Å². The largest absolute Gasteiger partial charge is 0.343 e. The molecule has 0 saturated carbocycles. The second kappa shape index (κ2) is 51.7. The highest BCUT2D eigenvalue weighted by Crippen LogP contribution is 2.47. The summed E-state index contributed by atoms with van der Waals surface area (Å²) in [5, 5.41) is 24.8. The standard InChI is InChI=1S/C112H217N23/c1-34-47-64-127(65-48-35-2)94-113-92(114-95(117-94)128(66-49-36-3)67-50-37-4)111(43-10,44-11)134(90-83-107(26,27)125-108(28,29)84-90)75-62-58-56-60-73-132(88-79-103(18,19)123-104(20,21)80-88)99-116-93(115-98(121-99)131(72-55-42-9)87-77-101(14,15)122-102(16,17)78-87)112(45-12,46-13)135(91-85-109(30,31)126-110(32,33)86-91)76-63-59-57-61-74-133(89-81-105(22,23)124-106(24,25)82-89)100-119-96(129(68-51-38-5)69-52-39-6)118-97(120-100)130(70-53-40-7)71-54-41-8/h87-91,96,122-126H,34-86H2,1-33H3,(H,118,119,120). The molecule has 0 radical (unpaired) electrons. The minimum absolute atomic E-state index is 0.0472. The SMILES string of the molecule is CCCCN(CCCC)C1=NC(N(CCCC)CCCC)N=C(N(CCCCCCN(C2CC(C)(C)NC(C)(C)C2)C(CC)(CC)c2nc(N(CCCC)C3CC(C)(C)NC(C)(C)C3)nc(N(CCCCCCN(C3CC(C)(C)NC(C)(C)C3)C(CC)(CC)c3nc(N(CCCC)CCCC)nc(N(CCCC)CCCC)n3)C3CC(C)(C)NC(C)(C)C3)n2)C2CC(C)(C)NC(C)(C)C2)N1. The van der Waals surface area contributed by atoms with Crippen LogP contribution in [0.15, 0.2) is 9.98 Å². The number of anilines is 4. The number of rotatable bonds is 59. The Kier molecular flexibility index (Phi) is 44.4. The summed E-state index contributed by atoms with van der Waals surface area (Å²) >= 11 is 0. The highest BCUT2D eigenvalue weighted by molar-refractivity contribution is 6.00. The van der Waals surface area contributed by atoms with Gasteiger partial charge in [0.15, 0.2) is 11.6 Å². The summed E-state index contributed by atoms with van der Waals surface area (Å²) in [7, 11) is 0. The van der Waals surface area contributed by atoms with Gasteiger partial charge in [0, 0.05) is 158 Å². The van der Waals surface area contributed by atoms with E-state index < -0.39 is 11.1 Å².